The van der Waals surface area contributed by atoms with Crippen molar-refractivity contribution in [3.05, 3.63) is 47.3 Å². The number of carbonyl (C=O) groups is 1. The molecule has 0 aliphatic carbocycles. The van der Waals surface area contributed by atoms with Crippen LogP contribution in [0.5, 0.6) is 0 Å². The van der Waals surface area contributed by atoms with E-state index in [4.69, 9.17) is 0 Å². The van der Waals surface area contributed by atoms with Crippen LogP contribution in [0, 0.1) is 0 Å². The number of aromatic amines is 1. The molecule has 1 amide bonds. The Hall–Kier alpha value is -2.21. The number of hydrogen-bond donors (Lipinski definition) is 2. The van der Waals surface area contributed by atoms with Gasteiger partial charge in [0.15, 0.2) is 5.69 Å². The Morgan fingerprint density at radius 2 is 1.86 bits per heavy atom. The second kappa shape index (κ2) is 7.54. The summed E-state index contributed by atoms with van der Waals surface area (Å²) in [5.74, 6) is -0.226. The molecule has 0 aliphatic rings. The third-order valence-electron chi connectivity index (χ3n) is 3.42. The lowest BCUT2D eigenvalue weighted by Crippen LogP contribution is -2.23. The molecular weight excluding hydrogens is 266 g/mol. The first-order chi connectivity index (χ1) is 10.2. The van der Waals surface area contributed by atoms with Crippen molar-refractivity contribution >= 4 is 5.91 Å². The van der Waals surface area contributed by atoms with Gasteiger partial charge in [0.05, 0.1) is 6.20 Å². The number of H-pyrrole nitrogens is 1. The normalized spacial score (nSPS) is 10.8. The van der Waals surface area contributed by atoms with Crippen LogP contribution in [0.4, 0.5) is 0 Å². The highest BCUT2D eigenvalue weighted by atomic mass is 16.1. The molecule has 1 aromatic carbocycles. The predicted octanol–water partition coefficient (Wildman–Crippen LogP) is 1.58. The summed E-state index contributed by atoms with van der Waals surface area (Å²) < 4.78 is 0. The Labute approximate surface area is 124 Å². The number of amides is 1. The molecule has 0 saturated carbocycles. The van der Waals surface area contributed by atoms with E-state index in [2.05, 4.69) is 51.6 Å². The van der Waals surface area contributed by atoms with Gasteiger partial charge in [-0.25, -0.2) is 0 Å². The lowest BCUT2D eigenvalue weighted by Gasteiger charge is -2.18. The number of aromatic nitrogens is 3. The first-order valence-electron chi connectivity index (χ1n) is 7.17. The minimum atomic E-state index is -0.226. The van der Waals surface area contributed by atoms with E-state index in [1.165, 1.54) is 11.8 Å². The zero-order chi connectivity index (χ0) is 15.1. The van der Waals surface area contributed by atoms with Gasteiger partial charge in [-0.2, -0.15) is 15.4 Å². The zero-order valence-corrected chi connectivity index (χ0v) is 12.5. The number of hydrogen-bond acceptors (Lipinski definition) is 4. The summed E-state index contributed by atoms with van der Waals surface area (Å²) in [7, 11) is 0. The minimum Gasteiger partial charge on any atom is -0.347 e. The van der Waals surface area contributed by atoms with E-state index in [1.807, 2.05) is 12.1 Å². The topological polar surface area (TPSA) is 73.9 Å². The molecular formula is C15H21N5O. The first kappa shape index (κ1) is 15.2. The Kier molecular flexibility index (Phi) is 5.45. The van der Waals surface area contributed by atoms with Gasteiger partial charge in [0, 0.05) is 13.1 Å². The molecule has 0 spiro atoms. The summed E-state index contributed by atoms with van der Waals surface area (Å²) in [5.41, 5.74) is 2.65. The fourth-order valence-electron chi connectivity index (χ4n) is 2.05. The van der Waals surface area contributed by atoms with Crippen LogP contribution in [0.3, 0.4) is 0 Å². The molecule has 1 aromatic heterocycles. The average molecular weight is 287 g/mol. The Bertz CT molecular complexity index is 546. The molecule has 2 N–H and O–H groups in total. The Balaban J connectivity index is 1.86. The average Bonchev–Trinajstić information content (AvgIpc) is 3.06. The van der Waals surface area contributed by atoms with Gasteiger partial charge in [-0.3, -0.25) is 9.69 Å². The zero-order valence-electron chi connectivity index (χ0n) is 12.5. The lowest BCUT2D eigenvalue weighted by molar-refractivity contribution is 0.0946. The first-order valence-corrected chi connectivity index (χ1v) is 7.17. The highest BCUT2D eigenvalue weighted by molar-refractivity contribution is 5.91. The van der Waals surface area contributed by atoms with Crippen molar-refractivity contribution < 1.29 is 4.79 Å². The molecule has 112 valence electrons. The van der Waals surface area contributed by atoms with Crippen LogP contribution in [-0.4, -0.2) is 39.3 Å². The maximum Gasteiger partial charge on any atom is 0.273 e. The molecule has 0 saturated heterocycles. The lowest BCUT2D eigenvalue weighted by atomic mass is 10.1. The maximum atomic E-state index is 11.7. The number of carbonyl (C=O) groups excluding carboxylic acids is 1. The van der Waals surface area contributed by atoms with Crippen molar-refractivity contribution in [2.75, 3.05) is 13.1 Å². The van der Waals surface area contributed by atoms with E-state index >= 15 is 0 Å². The van der Waals surface area contributed by atoms with Crippen LogP contribution < -0.4 is 5.32 Å². The van der Waals surface area contributed by atoms with Crippen molar-refractivity contribution in [1.82, 2.24) is 25.6 Å². The Morgan fingerprint density at radius 3 is 2.43 bits per heavy atom. The van der Waals surface area contributed by atoms with Gasteiger partial charge in [-0.15, -0.1) is 0 Å². The molecule has 0 bridgehead atoms. The smallest absolute Gasteiger partial charge is 0.273 e. The molecule has 6 nitrogen and oxygen atoms in total. The van der Waals surface area contributed by atoms with E-state index in [0.29, 0.717) is 12.2 Å². The fraction of sp³-hybridized carbons (Fsp3) is 0.400. The van der Waals surface area contributed by atoms with E-state index < -0.39 is 0 Å². The van der Waals surface area contributed by atoms with Gasteiger partial charge in [0.2, 0.25) is 0 Å². The molecule has 0 unspecified atom stereocenters. The van der Waals surface area contributed by atoms with Crippen molar-refractivity contribution in [2.45, 2.75) is 26.9 Å². The molecule has 6 heteroatoms. The van der Waals surface area contributed by atoms with Crippen LogP contribution in [0.25, 0.3) is 0 Å². The number of benzene rings is 1. The summed E-state index contributed by atoms with van der Waals surface area (Å²) in [6, 6.07) is 8.30. The monoisotopic (exact) mass is 287 g/mol. The van der Waals surface area contributed by atoms with Gasteiger partial charge in [-0.1, -0.05) is 38.1 Å². The quantitative estimate of drug-likeness (QED) is 0.811. The van der Waals surface area contributed by atoms with Crippen LogP contribution >= 0.6 is 0 Å². The number of rotatable bonds is 7. The van der Waals surface area contributed by atoms with Crippen LogP contribution in [-0.2, 0) is 13.1 Å². The molecule has 0 aliphatic heterocycles. The molecule has 1 heterocycles. The summed E-state index contributed by atoms with van der Waals surface area (Å²) in [5, 5.41) is 12.6. The van der Waals surface area contributed by atoms with Gasteiger partial charge < -0.3 is 5.32 Å². The SMILES string of the molecule is CCN(CC)Cc1ccc(CNC(=O)c2cn[nH]n2)cc1. The van der Waals surface area contributed by atoms with Gasteiger partial charge in [-0.05, 0) is 24.2 Å². The summed E-state index contributed by atoms with van der Waals surface area (Å²) in [4.78, 5) is 14.1. The highest BCUT2D eigenvalue weighted by Crippen LogP contribution is 2.07. The summed E-state index contributed by atoms with van der Waals surface area (Å²) in [6.45, 7) is 7.86. The molecule has 2 aromatic rings. The second-order valence-electron chi connectivity index (χ2n) is 4.82. The molecule has 21 heavy (non-hydrogen) atoms. The summed E-state index contributed by atoms with van der Waals surface area (Å²) in [6.07, 6.45) is 1.41. The van der Waals surface area contributed by atoms with E-state index in [0.717, 1.165) is 25.2 Å². The van der Waals surface area contributed by atoms with Crippen LogP contribution in [0.1, 0.15) is 35.5 Å². The molecule has 0 radical (unpaired) electrons. The summed E-state index contributed by atoms with van der Waals surface area (Å²) >= 11 is 0. The second-order valence-corrected chi connectivity index (χ2v) is 4.82. The maximum absolute atomic E-state index is 11.7. The van der Waals surface area contributed by atoms with Crippen LogP contribution in [0.2, 0.25) is 0 Å². The van der Waals surface area contributed by atoms with Crippen molar-refractivity contribution in [1.29, 1.82) is 0 Å². The van der Waals surface area contributed by atoms with Crippen molar-refractivity contribution in [2.24, 2.45) is 0 Å². The number of nitrogens with zero attached hydrogens (tertiary/aromatic N) is 3. The van der Waals surface area contributed by atoms with Crippen molar-refractivity contribution in [3.63, 3.8) is 0 Å². The third-order valence-corrected chi connectivity index (χ3v) is 3.42. The van der Waals surface area contributed by atoms with Gasteiger partial charge >= 0.3 is 0 Å². The molecule has 0 atom stereocenters. The van der Waals surface area contributed by atoms with Crippen molar-refractivity contribution in [3.8, 4) is 0 Å². The standard InChI is InChI=1S/C15H21N5O/c1-3-20(4-2)11-13-7-5-12(6-8-13)9-16-15(21)14-10-17-19-18-14/h5-8,10H,3-4,9,11H2,1-2H3,(H,16,21)(H,17,18,19). The molecule has 2 rings (SSSR count). The Morgan fingerprint density at radius 1 is 1.19 bits per heavy atom. The van der Waals surface area contributed by atoms with Crippen LogP contribution in [0.15, 0.2) is 30.5 Å². The van der Waals surface area contributed by atoms with Gasteiger partial charge in [0.1, 0.15) is 0 Å². The fourth-order valence-corrected chi connectivity index (χ4v) is 2.05. The van der Waals surface area contributed by atoms with E-state index in [1.54, 1.807) is 0 Å². The van der Waals surface area contributed by atoms with Gasteiger partial charge in [0.25, 0.3) is 5.91 Å². The third kappa shape index (κ3) is 4.39. The molecule has 0 fully saturated rings. The number of nitrogens with one attached hydrogen (secondary N) is 2. The minimum absolute atomic E-state index is 0.226. The highest BCUT2D eigenvalue weighted by Gasteiger charge is 2.07. The van der Waals surface area contributed by atoms with E-state index in [-0.39, 0.29) is 5.91 Å². The predicted molar refractivity (Wildman–Crippen MR) is 80.6 cm³/mol. The van der Waals surface area contributed by atoms with E-state index in [9.17, 15) is 4.79 Å². The largest absolute Gasteiger partial charge is 0.347 e.